The number of aliphatic hydroxyl groups excluding tert-OH is 1. The molecule has 128 valence electrons. The Bertz CT molecular complexity index is 692. The van der Waals surface area contributed by atoms with Gasteiger partial charge in [-0.05, 0) is 11.6 Å². The number of aliphatic hydroxyl groups is 1. The summed E-state index contributed by atoms with van der Waals surface area (Å²) in [5, 5.41) is 9.85. The highest BCUT2D eigenvalue weighted by Gasteiger charge is 2.38. The topological polar surface area (TPSA) is 78.5 Å². The predicted octanol–water partition coefficient (Wildman–Crippen LogP) is 0.924. The van der Waals surface area contributed by atoms with Crippen molar-refractivity contribution < 1.29 is 19.0 Å². The first-order chi connectivity index (χ1) is 11.6. The van der Waals surface area contributed by atoms with Gasteiger partial charge in [0.15, 0.2) is 0 Å². The van der Waals surface area contributed by atoms with Gasteiger partial charge in [0.05, 0.1) is 32.5 Å². The molecule has 1 atom stereocenters. The summed E-state index contributed by atoms with van der Waals surface area (Å²) >= 11 is 0. The van der Waals surface area contributed by atoms with Crippen molar-refractivity contribution in [2.75, 3.05) is 26.3 Å². The van der Waals surface area contributed by atoms with E-state index >= 15 is 0 Å². The monoisotopic (exact) mass is 333 g/mol. The van der Waals surface area contributed by atoms with E-state index in [1.54, 1.807) is 29.3 Å². The molecule has 3 rings (SSSR count). The van der Waals surface area contributed by atoms with E-state index in [1.807, 2.05) is 0 Å². The molecule has 0 unspecified atom stereocenters. The molecule has 1 aliphatic rings. The van der Waals surface area contributed by atoms with Crippen LogP contribution < -0.4 is 0 Å². The Hall–Kier alpha value is -2.25. The maximum Gasteiger partial charge on any atom is 0.228 e. The second-order valence-electron chi connectivity index (χ2n) is 6.03. The number of H-pyrrole nitrogens is 1. The van der Waals surface area contributed by atoms with E-state index in [9.17, 15) is 14.3 Å². The van der Waals surface area contributed by atoms with Gasteiger partial charge in [0, 0.05) is 24.9 Å². The molecule has 1 aliphatic heterocycles. The number of carbonyl (C=O) groups excluding carboxylic acids is 1. The Morgan fingerprint density at radius 1 is 1.46 bits per heavy atom. The molecule has 0 radical (unpaired) electrons. The summed E-state index contributed by atoms with van der Waals surface area (Å²) in [5.74, 6) is -0.413. The van der Waals surface area contributed by atoms with Crippen LogP contribution in [0.4, 0.5) is 4.39 Å². The average molecular weight is 333 g/mol. The summed E-state index contributed by atoms with van der Waals surface area (Å²) in [7, 11) is 0. The molecule has 0 spiro atoms. The van der Waals surface area contributed by atoms with Crippen molar-refractivity contribution in [1.29, 1.82) is 0 Å². The maximum atomic E-state index is 13.9. The van der Waals surface area contributed by atoms with Crippen molar-refractivity contribution in [3.63, 3.8) is 0 Å². The van der Waals surface area contributed by atoms with Gasteiger partial charge in [-0.3, -0.25) is 4.79 Å². The zero-order valence-electron chi connectivity index (χ0n) is 13.2. The third-order valence-corrected chi connectivity index (χ3v) is 4.26. The van der Waals surface area contributed by atoms with Gasteiger partial charge in [0.2, 0.25) is 5.91 Å². The molecule has 6 nitrogen and oxygen atoms in total. The van der Waals surface area contributed by atoms with Gasteiger partial charge in [-0.15, -0.1) is 0 Å². The van der Waals surface area contributed by atoms with Gasteiger partial charge in [-0.2, -0.15) is 0 Å². The summed E-state index contributed by atoms with van der Waals surface area (Å²) in [6.45, 7) is 0.704. The lowest BCUT2D eigenvalue weighted by molar-refractivity contribution is -0.157. The number of benzene rings is 1. The van der Waals surface area contributed by atoms with Gasteiger partial charge in [-0.25, -0.2) is 9.37 Å². The van der Waals surface area contributed by atoms with Gasteiger partial charge in [0.1, 0.15) is 11.4 Å². The van der Waals surface area contributed by atoms with Crippen LogP contribution in [0.1, 0.15) is 11.3 Å². The summed E-state index contributed by atoms with van der Waals surface area (Å²) in [4.78, 5) is 20.9. The molecule has 0 saturated carbocycles. The third-order valence-electron chi connectivity index (χ3n) is 4.26. The van der Waals surface area contributed by atoms with E-state index < -0.39 is 5.60 Å². The number of ether oxygens (including phenoxy) is 1. The predicted molar refractivity (Wildman–Crippen MR) is 84.7 cm³/mol. The molecule has 1 amide bonds. The second-order valence-corrected chi connectivity index (χ2v) is 6.03. The molecule has 2 heterocycles. The van der Waals surface area contributed by atoms with Crippen LogP contribution in [-0.4, -0.2) is 57.8 Å². The summed E-state index contributed by atoms with van der Waals surface area (Å²) in [5.41, 5.74) is 0.217. The van der Waals surface area contributed by atoms with Crippen LogP contribution in [0.5, 0.6) is 0 Å². The SMILES string of the molecule is O=C(Cc1cnc[nH]1)N1CCO[C@@](CO)(Cc2ccccc2F)C1. The van der Waals surface area contributed by atoms with Crippen LogP contribution in [0.2, 0.25) is 0 Å². The fourth-order valence-electron chi connectivity index (χ4n) is 2.96. The number of nitrogens with one attached hydrogen (secondary N) is 1. The van der Waals surface area contributed by atoms with Gasteiger partial charge in [-0.1, -0.05) is 18.2 Å². The molecule has 2 aromatic rings. The molecule has 7 heteroatoms. The molecule has 0 bridgehead atoms. The van der Waals surface area contributed by atoms with E-state index in [1.165, 1.54) is 12.4 Å². The lowest BCUT2D eigenvalue weighted by atomic mass is 9.92. The summed E-state index contributed by atoms with van der Waals surface area (Å²) < 4.78 is 19.7. The van der Waals surface area contributed by atoms with Crippen LogP contribution in [0.15, 0.2) is 36.8 Å². The quantitative estimate of drug-likeness (QED) is 0.853. The lowest BCUT2D eigenvalue weighted by Gasteiger charge is -2.42. The first-order valence-corrected chi connectivity index (χ1v) is 7.85. The Morgan fingerprint density at radius 3 is 3.00 bits per heavy atom. The standard InChI is InChI=1S/C17H20FN3O3/c18-15-4-2-1-3-13(15)8-17(11-22)10-21(5-6-24-17)16(23)7-14-9-19-12-20-14/h1-4,9,12,22H,5-8,10-11H2,(H,19,20)/t17-/m0/s1. The second kappa shape index (κ2) is 7.11. The third kappa shape index (κ3) is 3.63. The number of hydrogen-bond acceptors (Lipinski definition) is 4. The minimum absolute atomic E-state index is 0.0751. The van der Waals surface area contributed by atoms with Gasteiger partial charge >= 0.3 is 0 Å². The number of aromatic nitrogens is 2. The van der Waals surface area contributed by atoms with Gasteiger partial charge < -0.3 is 19.7 Å². The molecule has 1 saturated heterocycles. The Morgan fingerprint density at radius 2 is 2.29 bits per heavy atom. The van der Waals surface area contributed by atoms with Crippen LogP contribution in [0, 0.1) is 5.82 Å². The molecular weight excluding hydrogens is 313 g/mol. The highest BCUT2D eigenvalue weighted by molar-refractivity contribution is 5.78. The van der Waals surface area contributed by atoms with Crippen molar-refractivity contribution in [2.24, 2.45) is 0 Å². The molecule has 24 heavy (non-hydrogen) atoms. The Balaban J connectivity index is 1.72. The number of morpholine rings is 1. The van der Waals surface area contributed by atoms with Gasteiger partial charge in [0.25, 0.3) is 0 Å². The van der Waals surface area contributed by atoms with E-state index in [-0.39, 0.29) is 37.7 Å². The van der Waals surface area contributed by atoms with E-state index in [4.69, 9.17) is 4.74 Å². The van der Waals surface area contributed by atoms with Crippen molar-refractivity contribution in [1.82, 2.24) is 14.9 Å². The number of amides is 1. The van der Waals surface area contributed by atoms with E-state index in [0.717, 1.165) is 5.69 Å². The van der Waals surface area contributed by atoms with Crippen LogP contribution >= 0.6 is 0 Å². The van der Waals surface area contributed by atoms with Crippen molar-refractivity contribution >= 4 is 5.91 Å². The normalized spacial score (nSPS) is 21.0. The fourth-order valence-corrected chi connectivity index (χ4v) is 2.96. The fraction of sp³-hybridized carbons (Fsp3) is 0.412. The van der Waals surface area contributed by atoms with Crippen molar-refractivity contribution in [3.05, 3.63) is 53.9 Å². The van der Waals surface area contributed by atoms with Crippen LogP contribution in [0.25, 0.3) is 0 Å². The largest absolute Gasteiger partial charge is 0.393 e. The van der Waals surface area contributed by atoms with E-state index in [0.29, 0.717) is 18.7 Å². The summed E-state index contributed by atoms with van der Waals surface area (Å²) in [6, 6.07) is 6.41. The highest BCUT2D eigenvalue weighted by atomic mass is 19.1. The zero-order chi connectivity index (χ0) is 17.0. The molecule has 2 N–H and O–H groups in total. The smallest absolute Gasteiger partial charge is 0.228 e. The number of halogens is 1. The molecule has 1 aromatic heterocycles. The Labute approximate surface area is 139 Å². The lowest BCUT2D eigenvalue weighted by Crippen LogP contribution is -2.57. The maximum absolute atomic E-state index is 13.9. The Kier molecular flexibility index (Phi) is 4.92. The van der Waals surface area contributed by atoms with E-state index in [2.05, 4.69) is 9.97 Å². The number of hydrogen-bond donors (Lipinski definition) is 2. The zero-order valence-corrected chi connectivity index (χ0v) is 13.2. The first-order valence-electron chi connectivity index (χ1n) is 7.85. The minimum Gasteiger partial charge on any atom is -0.393 e. The summed E-state index contributed by atoms with van der Waals surface area (Å²) in [6.07, 6.45) is 3.56. The number of nitrogens with zero attached hydrogens (tertiary/aromatic N) is 2. The van der Waals surface area contributed by atoms with Crippen LogP contribution in [-0.2, 0) is 22.4 Å². The first kappa shape index (κ1) is 16.6. The molecule has 1 aromatic carbocycles. The number of carbonyl (C=O) groups is 1. The molecule has 1 fully saturated rings. The molecule has 0 aliphatic carbocycles. The number of rotatable bonds is 5. The van der Waals surface area contributed by atoms with Crippen molar-refractivity contribution in [2.45, 2.75) is 18.4 Å². The minimum atomic E-state index is -0.982. The van der Waals surface area contributed by atoms with Crippen LogP contribution in [0.3, 0.4) is 0 Å². The number of imidazole rings is 1. The number of aromatic amines is 1. The van der Waals surface area contributed by atoms with Crippen molar-refractivity contribution in [3.8, 4) is 0 Å². The highest BCUT2D eigenvalue weighted by Crippen LogP contribution is 2.24. The average Bonchev–Trinajstić information content (AvgIpc) is 3.10. The molecular formula is C17H20FN3O3.